The Balaban J connectivity index is 0.000000339. The molecule has 31 heavy (non-hydrogen) atoms. The number of likely N-dealkylation sites (tertiary alicyclic amines) is 1. The predicted octanol–water partition coefficient (Wildman–Crippen LogP) is 2.95. The van der Waals surface area contributed by atoms with Gasteiger partial charge in [0.15, 0.2) is 0 Å². The summed E-state index contributed by atoms with van der Waals surface area (Å²) in [6.45, 7) is 7.50. The molecule has 0 aromatic carbocycles. The van der Waals surface area contributed by atoms with Gasteiger partial charge in [-0.3, -0.25) is 14.6 Å². The van der Waals surface area contributed by atoms with Crippen LogP contribution in [0.1, 0.15) is 29.9 Å². The summed E-state index contributed by atoms with van der Waals surface area (Å²) in [7, 11) is 0. The van der Waals surface area contributed by atoms with Crippen LogP contribution in [0, 0.1) is 19.3 Å². The second-order valence-corrected chi connectivity index (χ2v) is 7.91. The number of pyridine rings is 1. The Kier molecular flexibility index (Phi) is 6.35. The van der Waals surface area contributed by atoms with Crippen molar-refractivity contribution < 1.29 is 32.4 Å². The molecule has 1 spiro atoms. The second-order valence-electron chi connectivity index (χ2n) is 7.91. The van der Waals surface area contributed by atoms with Crippen molar-refractivity contribution in [3.8, 4) is 0 Å². The summed E-state index contributed by atoms with van der Waals surface area (Å²) >= 11 is 0. The van der Waals surface area contributed by atoms with Crippen molar-refractivity contribution in [3.05, 3.63) is 41.4 Å². The van der Waals surface area contributed by atoms with Crippen molar-refractivity contribution >= 4 is 17.7 Å². The first-order valence-electron chi connectivity index (χ1n) is 9.66. The van der Waals surface area contributed by atoms with Crippen LogP contribution in [0.3, 0.4) is 0 Å². The number of aliphatic carboxylic acids is 1. The van der Waals surface area contributed by atoms with E-state index in [1.54, 1.807) is 6.20 Å². The maximum Gasteiger partial charge on any atom is 0.490 e. The largest absolute Gasteiger partial charge is 0.490 e. The van der Waals surface area contributed by atoms with E-state index in [2.05, 4.69) is 15.0 Å². The Bertz CT molecular complexity index is 928. The fraction of sp³-hybridized carbons (Fsp3) is 0.500. The Labute approximate surface area is 176 Å². The minimum atomic E-state index is -5.08. The van der Waals surface area contributed by atoms with E-state index in [1.807, 2.05) is 36.9 Å². The number of carboxylic acids is 1. The van der Waals surface area contributed by atoms with Gasteiger partial charge in [-0.25, -0.2) is 9.78 Å². The number of rotatable bonds is 3. The van der Waals surface area contributed by atoms with Gasteiger partial charge in [0.2, 0.25) is 5.91 Å². The molecule has 2 aromatic rings. The molecule has 2 aromatic heterocycles. The third-order valence-electron chi connectivity index (χ3n) is 5.57. The van der Waals surface area contributed by atoms with E-state index >= 15 is 0 Å². The first-order chi connectivity index (χ1) is 14.5. The van der Waals surface area contributed by atoms with Gasteiger partial charge >= 0.3 is 12.1 Å². The quantitative estimate of drug-likeness (QED) is 0.783. The van der Waals surface area contributed by atoms with E-state index in [4.69, 9.17) is 14.4 Å². The maximum absolute atomic E-state index is 12.5. The molecule has 0 radical (unpaired) electrons. The molecule has 2 aliphatic rings. The number of carboxylic acid groups (broad SMARTS) is 1. The topological polar surface area (TPSA) is 99.8 Å². The van der Waals surface area contributed by atoms with Gasteiger partial charge < -0.3 is 9.63 Å². The number of aromatic nitrogens is 2. The van der Waals surface area contributed by atoms with E-state index in [-0.39, 0.29) is 11.3 Å². The second kappa shape index (κ2) is 8.66. The first-order valence-corrected chi connectivity index (χ1v) is 9.66. The highest BCUT2D eigenvalue weighted by Crippen LogP contribution is 2.42. The third-order valence-corrected chi connectivity index (χ3v) is 5.57. The number of hydrogen-bond donors (Lipinski definition) is 1. The maximum atomic E-state index is 12.5. The van der Waals surface area contributed by atoms with Gasteiger partial charge in [0.25, 0.3) is 0 Å². The van der Waals surface area contributed by atoms with Gasteiger partial charge in [-0.05, 0) is 38.9 Å². The average molecular weight is 440 g/mol. The monoisotopic (exact) mass is 440 g/mol. The number of nitrogens with zero attached hydrogens (tertiary/aromatic N) is 4. The van der Waals surface area contributed by atoms with Gasteiger partial charge in [0.05, 0.1) is 5.69 Å². The number of alkyl halides is 3. The summed E-state index contributed by atoms with van der Waals surface area (Å²) in [6.07, 6.45) is -1.68. The van der Waals surface area contributed by atoms with Crippen LogP contribution in [-0.4, -0.2) is 57.8 Å². The lowest BCUT2D eigenvalue weighted by Crippen LogP contribution is -2.31. The Morgan fingerprint density at radius 1 is 1.29 bits per heavy atom. The van der Waals surface area contributed by atoms with Gasteiger partial charge in [-0.2, -0.15) is 13.2 Å². The number of amides is 1. The molecule has 1 amide bonds. The van der Waals surface area contributed by atoms with Gasteiger partial charge in [-0.1, -0.05) is 11.2 Å². The number of hydrogen-bond acceptors (Lipinski definition) is 6. The van der Waals surface area contributed by atoms with E-state index in [0.717, 1.165) is 49.9 Å². The number of carbonyl (C=O) groups is 2. The Hall–Kier alpha value is -2.95. The number of anilines is 1. The van der Waals surface area contributed by atoms with Crippen LogP contribution in [0.4, 0.5) is 19.0 Å². The highest BCUT2D eigenvalue weighted by atomic mass is 19.4. The number of aryl methyl sites for hydroxylation is 2. The molecule has 0 saturated carbocycles. The first kappa shape index (κ1) is 22.7. The van der Waals surface area contributed by atoms with Crippen LogP contribution in [0.15, 0.2) is 28.9 Å². The Morgan fingerprint density at radius 2 is 2.00 bits per heavy atom. The molecule has 2 saturated heterocycles. The van der Waals surface area contributed by atoms with Gasteiger partial charge in [0.1, 0.15) is 11.6 Å². The van der Waals surface area contributed by atoms with Crippen molar-refractivity contribution in [2.24, 2.45) is 5.41 Å². The normalized spacial score (nSPS) is 21.5. The molecule has 168 valence electrons. The SMILES string of the molecule is Cc1noc(C)c1CN1CCC2(CC(=O)N(c3ccccn3)C2)C1.O=C(O)C(F)(F)F. The summed E-state index contributed by atoms with van der Waals surface area (Å²) in [5.74, 6) is -0.907. The van der Waals surface area contributed by atoms with Crippen molar-refractivity contribution in [2.45, 2.75) is 39.4 Å². The fourth-order valence-electron chi connectivity index (χ4n) is 4.01. The van der Waals surface area contributed by atoms with Crippen LogP contribution < -0.4 is 4.90 Å². The summed E-state index contributed by atoms with van der Waals surface area (Å²) in [6, 6.07) is 5.72. The summed E-state index contributed by atoms with van der Waals surface area (Å²) in [5.41, 5.74) is 2.19. The molecular weight excluding hydrogens is 417 g/mol. The summed E-state index contributed by atoms with van der Waals surface area (Å²) in [4.78, 5) is 30.0. The van der Waals surface area contributed by atoms with E-state index in [0.29, 0.717) is 6.42 Å². The van der Waals surface area contributed by atoms with Crippen LogP contribution in [-0.2, 0) is 16.1 Å². The van der Waals surface area contributed by atoms with E-state index < -0.39 is 12.1 Å². The fourth-order valence-corrected chi connectivity index (χ4v) is 4.01. The van der Waals surface area contributed by atoms with Crippen LogP contribution in [0.2, 0.25) is 0 Å². The lowest BCUT2D eigenvalue weighted by molar-refractivity contribution is -0.192. The van der Waals surface area contributed by atoms with Gasteiger partial charge in [-0.15, -0.1) is 0 Å². The Morgan fingerprint density at radius 3 is 2.55 bits per heavy atom. The summed E-state index contributed by atoms with van der Waals surface area (Å²) < 4.78 is 37.0. The standard InChI is InChI=1S/C18H22N4O2.C2HF3O2/c1-13-15(14(2)24-20-13)10-21-8-6-18(11-21)9-17(23)22(12-18)16-5-3-4-7-19-16;3-2(4,5)1(6)7/h3-5,7H,6,8-12H2,1-2H3;(H,6,7). The minimum Gasteiger partial charge on any atom is -0.475 e. The highest BCUT2D eigenvalue weighted by Gasteiger charge is 2.48. The molecule has 1 N–H and O–H groups in total. The van der Waals surface area contributed by atoms with Crippen LogP contribution >= 0.6 is 0 Å². The van der Waals surface area contributed by atoms with Gasteiger partial charge in [0, 0.05) is 43.2 Å². The lowest BCUT2D eigenvalue weighted by atomic mass is 9.86. The molecule has 4 heterocycles. The zero-order valence-corrected chi connectivity index (χ0v) is 17.1. The zero-order chi connectivity index (χ0) is 22.8. The molecule has 1 unspecified atom stereocenters. The lowest BCUT2D eigenvalue weighted by Gasteiger charge is -2.24. The predicted molar refractivity (Wildman–Crippen MR) is 103 cm³/mol. The smallest absolute Gasteiger partial charge is 0.475 e. The summed E-state index contributed by atoms with van der Waals surface area (Å²) in [5, 5.41) is 11.2. The zero-order valence-electron chi connectivity index (χ0n) is 17.1. The highest BCUT2D eigenvalue weighted by molar-refractivity contribution is 5.95. The molecule has 1 atom stereocenters. The van der Waals surface area contributed by atoms with Crippen LogP contribution in [0.5, 0.6) is 0 Å². The van der Waals surface area contributed by atoms with Crippen molar-refractivity contribution in [3.63, 3.8) is 0 Å². The molecule has 0 bridgehead atoms. The van der Waals surface area contributed by atoms with Crippen LogP contribution in [0.25, 0.3) is 0 Å². The van der Waals surface area contributed by atoms with E-state index in [1.165, 1.54) is 5.56 Å². The van der Waals surface area contributed by atoms with E-state index in [9.17, 15) is 18.0 Å². The molecular formula is C20H23F3N4O4. The van der Waals surface area contributed by atoms with Crippen molar-refractivity contribution in [1.29, 1.82) is 0 Å². The third kappa shape index (κ3) is 5.22. The van der Waals surface area contributed by atoms with Crippen molar-refractivity contribution in [2.75, 3.05) is 24.5 Å². The van der Waals surface area contributed by atoms with Crippen molar-refractivity contribution in [1.82, 2.24) is 15.0 Å². The molecule has 4 rings (SSSR count). The molecule has 0 aliphatic carbocycles. The number of halogens is 3. The molecule has 2 aliphatic heterocycles. The average Bonchev–Trinajstić information content (AvgIpc) is 3.35. The minimum absolute atomic E-state index is 0.0492. The number of carbonyl (C=O) groups excluding carboxylic acids is 1. The molecule has 8 nitrogen and oxygen atoms in total. The molecule has 2 fully saturated rings. The molecule has 11 heteroatoms.